The van der Waals surface area contributed by atoms with Gasteiger partial charge in [-0.3, -0.25) is 0 Å². The maximum Gasteiger partial charge on any atom is 0.329 e. The van der Waals surface area contributed by atoms with Gasteiger partial charge in [0.05, 0.1) is 0 Å². The Bertz CT molecular complexity index is 3640. The predicted octanol–water partition coefficient (Wildman–Crippen LogP) is 14.7. The molecule has 340 valence electrons. The minimum atomic E-state index is 0.0452. The molecule has 8 aromatic rings. The van der Waals surface area contributed by atoms with Gasteiger partial charge >= 0.3 is 6.85 Å². The van der Waals surface area contributed by atoms with Gasteiger partial charge < -0.3 is 9.38 Å². The van der Waals surface area contributed by atoms with Gasteiger partial charge in [0.1, 0.15) is 0 Å². The summed E-state index contributed by atoms with van der Waals surface area (Å²) >= 11 is 0. The Morgan fingerprint density at radius 2 is 1.26 bits per heavy atom. The Labute approximate surface area is 412 Å². The van der Waals surface area contributed by atoms with Crippen LogP contribution in [0, 0.1) is 40.9 Å². The van der Waals surface area contributed by atoms with E-state index in [0.29, 0.717) is 34.0 Å². The third-order valence-electron chi connectivity index (χ3n) is 23.9. The highest BCUT2D eigenvalue weighted by molar-refractivity contribution is 6.88. The monoisotopic (exact) mass is 902 g/mol. The number of nitrogens with zero attached hydrogens (tertiary/aromatic N) is 2. The lowest BCUT2D eigenvalue weighted by molar-refractivity contribution is -0.175. The van der Waals surface area contributed by atoms with E-state index in [-0.39, 0.29) is 12.3 Å². The van der Waals surface area contributed by atoms with E-state index < -0.39 is 0 Å². The first-order valence-corrected chi connectivity index (χ1v) is 27.8. The summed E-state index contributed by atoms with van der Waals surface area (Å²) in [6.07, 6.45) is 14.2. The fourth-order valence-electron chi connectivity index (χ4n) is 21.6. The molecule has 1 spiro atoms. The number of hydrogen-bond acceptors (Lipinski definition) is 1. The summed E-state index contributed by atoms with van der Waals surface area (Å²) in [5.74, 6) is 6.81. The van der Waals surface area contributed by atoms with Gasteiger partial charge in [-0.15, -0.1) is 0 Å². The Kier molecular flexibility index (Phi) is 6.56. The molecule has 0 saturated heterocycles. The Hall–Kier alpha value is -5.80. The van der Waals surface area contributed by atoms with Gasteiger partial charge in [0, 0.05) is 61.7 Å². The Morgan fingerprint density at radius 3 is 1.99 bits per heavy atom. The molecule has 7 saturated carbocycles. The van der Waals surface area contributed by atoms with Gasteiger partial charge in [-0.05, 0) is 238 Å². The summed E-state index contributed by atoms with van der Waals surface area (Å²) in [6.45, 7) is 5.22. The van der Waals surface area contributed by atoms with Crippen LogP contribution in [0.15, 0.2) is 146 Å². The van der Waals surface area contributed by atoms with Crippen molar-refractivity contribution >= 4 is 56.6 Å². The molecule has 2 nitrogen and oxygen atoms in total. The lowest BCUT2D eigenvalue weighted by atomic mass is 9.38. The van der Waals surface area contributed by atoms with Crippen LogP contribution in [-0.4, -0.2) is 11.3 Å². The molecular weight excluding hydrogens is 844 g/mol. The molecule has 3 heteroatoms. The number of hydrogen-bond donors (Lipinski definition) is 0. The third-order valence-corrected chi connectivity index (χ3v) is 23.9. The van der Waals surface area contributed by atoms with E-state index in [1.165, 1.54) is 97.0 Å². The molecule has 7 aromatic carbocycles. The van der Waals surface area contributed by atoms with Crippen LogP contribution < -0.4 is 15.8 Å². The van der Waals surface area contributed by atoms with Crippen LogP contribution in [0.5, 0.6) is 0 Å². The standard InChI is InChI=1S/C67H59BN2/c1-64(2)57-18-10-9-16-48(57)52-33-51-53-31-47(69(45-12-5-3-6-13-45)46-14-7-4-8-15-46)32-54-56-30-40(65-34-43-26-41-27-44(35-65)66(41,43)36-65)29-55-50-28-39(67-37-20-21-38(67)25-42(67)24-37)22-23-59(50)70(63(55)56)68(62(53)54)58-19-11-17-49(60(51)58)61(52)64/h3-19,22-23,28-32,37-38,41-44,51-52,61H,20-21,24-27,33-36H2,1-2H3. The van der Waals surface area contributed by atoms with Crippen molar-refractivity contribution in [1.82, 2.24) is 4.48 Å². The molecule has 1 aromatic heterocycles. The summed E-state index contributed by atoms with van der Waals surface area (Å²) in [6, 6.07) is 58.8. The van der Waals surface area contributed by atoms with Crippen LogP contribution >= 0.6 is 0 Å². The van der Waals surface area contributed by atoms with Crippen molar-refractivity contribution < 1.29 is 0 Å². The van der Waals surface area contributed by atoms with E-state index in [1.807, 2.05) is 0 Å². The van der Waals surface area contributed by atoms with Gasteiger partial charge in [-0.2, -0.15) is 0 Å². The average molecular weight is 903 g/mol. The molecule has 70 heavy (non-hydrogen) atoms. The molecule has 2 aliphatic heterocycles. The van der Waals surface area contributed by atoms with Gasteiger partial charge in [0.2, 0.25) is 0 Å². The quantitative estimate of drug-likeness (QED) is 0.156. The first-order chi connectivity index (χ1) is 34.3. The molecule has 2 bridgehead atoms. The normalized spacial score (nSPS) is 35.4. The average Bonchev–Trinajstić information content (AvgIpc) is 4.06. The fourth-order valence-corrected chi connectivity index (χ4v) is 21.6. The second-order valence-electron chi connectivity index (χ2n) is 26.1. The van der Waals surface area contributed by atoms with Crippen molar-refractivity contribution in [2.24, 2.45) is 40.9 Å². The van der Waals surface area contributed by atoms with Crippen LogP contribution in [0.4, 0.5) is 17.1 Å². The SMILES string of the molecule is CC1(C)c2ccccc2C2CC3c4cc(N(c5ccccc5)c5ccccc5)cc5c4B(c4cccc(c43)C21)n1c2ccc(C34C6CCC3CC4C6)cc2c2cc(C34CC6CC7CC(C3)C76C4)cc-5c21. The third kappa shape index (κ3) is 4.01. The molecular formula is C67H59BN2. The van der Waals surface area contributed by atoms with E-state index in [1.54, 1.807) is 60.6 Å². The van der Waals surface area contributed by atoms with E-state index in [2.05, 4.69) is 169 Å². The van der Waals surface area contributed by atoms with Crippen molar-refractivity contribution in [2.45, 2.75) is 112 Å². The molecule has 3 heterocycles. The molecule has 0 amide bonds. The van der Waals surface area contributed by atoms with Gasteiger partial charge in [-0.1, -0.05) is 98.8 Å². The zero-order valence-corrected chi connectivity index (χ0v) is 40.6. The van der Waals surface area contributed by atoms with Gasteiger partial charge in [0.25, 0.3) is 0 Å². The molecule has 7 unspecified atom stereocenters. The molecule has 9 aliphatic carbocycles. The van der Waals surface area contributed by atoms with Crippen LogP contribution in [0.2, 0.25) is 0 Å². The highest BCUT2D eigenvalue weighted by Crippen LogP contribution is 2.84. The molecule has 0 radical (unpaired) electrons. The van der Waals surface area contributed by atoms with Crippen molar-refractivity contribution in [2.75, 3.05) is 4.90 Å². The van der Waals surface area contributed by atoms with E-state index in [9.17, 15) is 0 Å². The van der Waals surface area contributed by atoms with E-state index in [4.69, 9.17) is 0 Å². The summed E-state index contributed by atoms with van der Waals surface area (Å²) in [4.78, 5) is 2.58. The van der Waals surface area contributed by atoms with Crippen molar-refractivity contribution in [3.63, 3.8) is 0 Å². The van der Waals surface area contributed by atoms with Gasteiger partial charge in [0.15, 0.2) is 0 Å². The van der Waals surface area contributed by atoms with Crippen LogP contribution in [0.3, 0.4) is 0 Å². The second kappa shape index (κ2) is 12.1. The van der Waals surface area contributed by atoms with Crippen molar-refractivity contribution in [1.29, 1.82) is 0 Å². The number of para-hydroxylation sites is 2. The van der Waals surface area contributed by atoms with Crippen LogP contribution in [-0.2, 0) is 16.2 Å². The topological polar surface area (TPSA) is 8.17 Å². The maximum absolute atomic E-state index is 2.94. The molecule has 7 fully saturated rings. The highest BCUT2D eigenvalue weighted by Gasteiger charge is 2.77. The van der Waals surface area contributed by atoms with E-state index >= 15 is 0 Å². The lowest BCUT2D eigenvalue weighted by Crippen LogP contribution is -2.61. The largest absolute Gasteiger partial charge is 0.375 e. The summed E-state index contributed by atoms with van der Waals surface area (Å²) in [5, 5.41) is 3.09. The Balaban J connectivity index is 0.933. The second-order valence-corrected chi connectivity index (χ2v) is 26.1. The minimum Gasteiger partial charge on any atom is -0.375 e. The van der Waals surface area contributed by atoms with Gasteiger partial charge in [-0.25, -0.2) is 0 Å². The highest BCUT2D eigenvalue weighted by atomic mass is 15.1. The summed E-state index contributed by atoms with van der Waals surface area (Å²) in [5.41, 5.74) is 25.6. The number of fused-ring (bicyclic) bond motifs is 12. The number of benzene rings is 7. The molecule has 0 N–H and O–H groups in total. The maximum atomic E-state index is 2.94. The predicted molar refractivity (Wildman–Crippen MR) is 286 cm³/mol. The zero-order chi connectivity index (χ0) is 45.4. The number of aromatic nitrogens is 1. The smallest absolute Gasteiger partial charge is 0.329 e. The number of anilines is 3. The van der Waals surface area contributed by atoms with Crippen molar-refractivity contribution in [3.05, 3.63) is 185 Å². The Morgan fingerprint density at radius 1 is 0.557 bits per heavy atom. The molecule has 19 rings (SSSR count). The summed E-state index contributed by atoms with van der Waals surface area (Å²) in [7, 11) is 0. The van der Waals surface area contributed by atoms with Crippen LogP contribution in [0.1, 0.15) is 135 Å². The zero-order valence-electron chi connectivity index (χ0n) is 40.6. The van der Waals surface area contributed by atoms with Crippen molar-refractivity contribution in [3.8, 4) is 11.1 Å². The minimum absolute atomic E-state index is 0.0452. The van der Waals surface area contributed by atoms with E-state index in [0.717, 1.165) is 41.9 Å². The fraction of sp³-hybridized carbons (Fsp3) is 0.373. The first kappa shape index (κ1) is 38.0. The molecule has 11 aliphatic rings. The lowest BCUT2D eigenvalue weighted by Gasteiger charge is -2.66. The first-order valence-electron chi connectivity index (χ1n) is 27.8. The molecule has 7 atom stereocenters. The van der Waals surface area contributed by atoms with Crippen LogP contribution in [0.25, 0.3) is 32.9 Å². The number of rotatable bonds is 5. The summed E-state index contributed by atoms with van der Waals surface area (Å²) < 4.78 is 2.94.